The van der Waals surface area contributed by atoms with Gasteiger partial charge in [0.15, 0.2) is 5.78 Å². The predicted molar refractivity (Wildman–Crippen MR) is 132 cm³/mol. The molecule has 5 heteroatoms. The van der Waals surface area contributed by atoms with Crippen molar-refractivity contribution in [3.8, 4) is 0 Å². The topological polar surface area (TPSA) is 66.5 Å². The molecule has 6 rings (SSSR count). The van der Waals surface area contributed by atoms with E-state index in [1.165, 1.54) is 12.0 Å². The summed E-state index contributed by atoms with van der Waals surface area (Å²) in [7, 11) is 0. The number of rotatable bonds is 7. The summed E-state index contributed by atoms with van der Waals surface area (Å²) in [6.07, 6.45) is 10.8. The second-order valence-corrected chi connectivity index (χ2v) is 11.9. The van der Waals surface area contributed by atoms with Gasteiger partial charge in [-0.3, -0.25) is 14.4 Å². The van der Waals surface area contributed by atoms with Crippen LogP contribution in [-0.4, -0.2) is 41.6 Å². The maximum atomic E-state index is 13.2. The molecule has 1 aliphatic heterocycles. The molecule has 5 fully saturated rings. The van der Waals surface area contributed by atoms with E-state index in [0.29, 0.717) is 17.4 Å². The molecule has 1 atom stereocenters. The molecule has 1 N–H and O–H groups in total. The van der Waals surface area contributed by atoms with Gasteiger partial charge in [-0.25, -0.2) is 0 Å². The molecule has 1 saturated heterocycles. The Labute approximate surface area is 204 Å². The van der Waals surface area contributed by atoms with Crippen molar-refractivity contribution in [1.29, 1.82) is 0 Å². The number of likely N-dealkylation sites (tertiary alicyclic amines) is 1. The van der Waals surface area contributed by atoms with Gasteiger partial charge in [0.1, 0.15) is 0 Å². The maximum absolute atomic E-state index is 13.2. The van der Waals surface area contributed by atoms with E-state index in [2.05, 4.69) is 16.3 Å². The number of benzene rings is 1. The first kappa shape index (κ1) is 23.6. The van der Waals surface area contributed by atoms with E-state index >= 15 is 0 Å². The number of ketones is 1. The molecule has 0 aromatic heterocycles. The molecule has 4 saturated carbocycles. The number of nitrogens with one attached hydrogen (secondary N) is 1. The smallest absolute Gasteiger partial charge is 0.251 e. The minimum Gasteiger partial charge on any atom is -0.342 e. The van der Waals surface area contributed by atoms with E-state index < -0.39 is 0 Å². The molecule has 0 radical (unpaired) electrons. The fourth-order valence-electron chi connectivity index (χ4n) is 6.90. The molecule has 2 amide bonds. The fourth-order valence-corrected chi connectivity index (χ4v) is 6.90. The Balaban J connectivity index is 1.22. The van der Waals surface area contributed by atoms with Crippen LogP contribution in [0, 0.1) is 23.2 Å². The normalized spacial score (nSPS) is 28.1. The van der Waals surface area contributed by atoms with Crippen LogP contribution >= 0.6 is 0 Å². The lowest BCUT2D eigenvalue weighted by molar-refractivity contribution is -0.177. The first-order valence-electron chi connectivity index (χ1n) is 13.6. The third kappa shape index (κ3) is 4.43. The van der Waals surface area contributed by atoms with Crippen molar-refractivity contribution in [2.75, 3.05) is 13.1 Å². The van der Waals surface area contributed by atoms with Crippen LogP contribution in [0.1, 0.15) is 99.9 Å². The summed E-state index contributed by atoms with van der Waals surface area (Å²) in [4.78, 5) is 41.2. The molecule has 34 heavy (non-hydrogen) atoms. The lowest BCUT2D eigenvalue weighted by Gasteiger charge is -2.61. The highest BCUT2D eigenvalue weighted by Crippen LogP contribution is 2.65. The van der Waals surface area contributed by atoms with Gasteiger partial charge in [-0.15, -0.1) is 0 Å². The number of carbonyl (C=O) groups is 3. The number of hydrogen-bond donors (Lipinski definition) is 1. The van der Waals surface area contributed by atoms with Crippen LogP contribution in [0.15, 0.2) is 24.3 Å². The van der Waals surface area contributed by atoms with E-state index in [1.807, 2.05) is 32.0 Å². The lowest BCUT2D eigenvalue weighted by atomic mass is 9.44. The van der Waals surface area contributed by atoms with Crippen LogP contribution in [0.3, 0.4) is 0 Å². The molecular formula is C29H40N2O3. The van der Waals surface area contributed by atoms with Crippen molar-refractivity contribution in [3.05, 3.63) is 35.4 Å². The van der Waals surface area contributed by atoms with E-state index in [-0.39, 0.29) is 35.0 Å². The van der Waals surface area contributed by atoms with Gasteiger partial charge in [-0.1, -0.05) is 45.2 Å². The molecule has 1 heterocycles. The van der Waals surface area contributed by atoms with Gasteiger partial charge in [0.05, 0.1) is 11.5 Å². The number of piperidine rings is 1. The van der Waals surface area contributed by atoms with E-state index in [0.717, 1.165) is 76.8 Å². The van der Waals surface area contributed by atoms with Crippen molar-refractivity contribution < 1.29 is 14.4 Å². The monoisotopic (exact) mass is 464 g/mol. The van der Waals surface area contributed by atoms with Gasteiger partial charge in [0.2, 0.25) is 5.91 Å². The molecule has 1 aromatic rings. The Hall–Kier alpha value is -2.17. The zero-order valence-corrected chi connectivity index (χ0v) is 20.9. The number of amides is 2. The molecule has 5 nitrogen and oxygen atoms in total. The number of nitrogens with zero attached hydrogens (tertiary/aromatic N) is 1. The Kier molecular flexibility index (Phi) is 6.56. The van der Waals surface area contributed by atoms with Crippen LogP contribution in [0.4, 0.5) is 0 Å². The van der Waals surface area contributed by atoms with Gasteiger partial charge < -0.3 is 10.2 Å². The summed E-state index contributed by atoms with van der Waals surface area (Å²) < 4.78 is 0. The minimum atomic E-state index is -0.386. The molecule has 1 aromatic carbocycles. The van der Waals surface area contributed by atoms with Crippen LogP contribution in [-0.2, 0) is 9.59 Å². The van der Waals surface area contributed by atoms with Gasteiger partial charge in [0.25, 0.3) is 5.91 Å². The lowest BCUT2D eigenvalue weighted by Crippen LogP contribution is -2.61. The SMILES string of the molecule is CC(C)C(=O)[C@H](NC(=O)c1cccc(C2CCN(C(=O)C34CC(C3)C4)CC2)c1)C1CCCCC1. The van der Waals surface area contributed by atoms with Crippen molar-refractivity contribution in [2.45, 2.75) is 90.0 Å². The van der Waals surface area contributed by atoms with Gasteiger partial charge in [0, 0.05) is 24.6 Å². The summed E-state index contributed by atoms with van der Waals surface area (Å²) in [5, 5.41) is 3.13. The maximum Gasteiger partial charge on any atom is 0.251 e. The van der Waals surface area contributed by atoms with Crippen molar-refractivity contribution >= 4 is 17.6 Å². The Morgan fingerprint density at radius 3 is 2.24 bits per heavy atom. The molecule has 4 aliphatic carbocycles. The summed E-state index contributed by atoms with van der Waals surface area (Å²) >= 11 is 0. The third-order valence-electron chi connectivity index (χ3n) is 9.18. The highest BCUT2D eigenvalue weighted by atomic mass is 16.2. The predicted octanol–water partition coefficient (Wildman–Crippen LogP) is 5.10. The minimum absolute atomic E-state index is 0.0117. The molecule has 0 unspecified atom stereocenters. The fraction of sp³-hybridized carbons (Fsp3) is 0.690. The third-order valence-corrected chi connectivity index (χ3v) is 9.18. The summed E-state index contributed by atoms with van der Waals surface area (Å²) in [5.74, 6) is 1.76. The van der Waals surface area contributed by atoms with Crippen LogP contribution in [0.5, 0.6) is 0 Å². The average Bonchev–Trinajstić information content (AvgIpc) is 2.80. The number of Topliss-reactive ketones (excluding diaryl/α,β-unsaturated/α-hetero) is 1. The Morgan fingerprint density at radius 2 is 1.65 bits per heavy atom. The Morgan fingerprint density at radius 1 is 0.971 bits per heavy atom. The van der Waals surface area contributed by atoms with Crippen molar-refractivity contribution in [3.63, 3.8) is 0 Å². The second-order valence-electron chi connectivity index (χ2n) is 11.9. The van der Waals surface area contributed by atoms with E-state index in [1.54, 1.807) is 0 Å². The molecular weight excluding hydrogens is 424 g/mol. The highest BCUT2D eigenvalue weighted by Gasteiger charge is 2.62. The summed E-state index contributed by atoms with van der Waals surface area (Å²) in [6, 6.07) is 7.55. The zero-order valence-electron chi connectivity index (χ0n) is 20.9. The first-order valence-corrected chi connectivity index (χ1v) is 13.6. The molecule has 2 bridgehead atoms. The van der Waals surface area contributed by atoms with Crippen LogP contribution < -0.4 is 5.32 Å². The van der Waals surface area contributed by atoms with Gasteiger partial charge in [-0.2, -0.15) is 0 Å². The van der Waals surface area contributed by atoms with Gasteiger partial charge >= 0.3 is 0 Å². The zero-order chi connectivity index (χ0) is 23.9. The van der Waals surface area contributed by atoms with Crippen LogP contribution in [0.25, 0.3) is 0 Å². The van der Waals surface area contributed by atoms with Crippen LogP contribution in [0.2, 0.25) is 0 Å². The highest BCUT2D eigenvalue weighted by molar-refractivity contribution is 5.98. The van der Waals surface area contributed by atoms with Crippen molar-refractivity contribution in [1.82, 2.24) is 10.2 Å². The molecule has 0 spiro atoms. The molecule has 5 aliphatic rings. The standard InChI is InChI=1S/C29H40N2O3/c1-19(2)26(32)25(22-7-4-3-5-8-22)30-27(33)24-10-6-9-23(15-24)21-11-13-31(14-12-21)28(34)29-16-20(17-29)18-29/h6,9-10,15,19-22,25H,3-5,7-8,11-14,16-18H2,1-2H3,(H,30,33)/t20?,25-,29?/m1/s1. The number of carbonyl (C=O) groups excluding carboxylic acids is 3. The second kappa shape index (κ2) is 9.47. The van der Waals surface area contributed by atoms with E-state index in [4.69, 9.17) is 0 Å². The largest absolute Gasteiger partial charge is 0.342 e. The van der Waals surface area contributed by atoms with Crippen molar-refractivity contribution in [2.24, 2.45) is 23.2 Å². The first-order chi connectivity index (χ1) is 16.4. The average molecular weight is 465 g/mol. The quantitative estimate of drug-likeness (QED) is 0.611. The summed E-state index contributed by atoms with van der Waals surface area (Å²) in [6.45, 7) is 5.49. The van der Waals surface area contributed by atoms with E-state index in [9.17, 15) is 14.4 Å². The summed E-state index contributed by atoms with van der Waals surface area (Å²) in [5.41, 5.74) is 1.83. The number of hydrogen-bond acceptors (Lipinski definition) is 3. The molecule has 184 valence electrons. The Bertz CT molecular complexity index is 923. The van der Waals surface area contributed by atoms with Gasteiger partial charge in [-0.05, 0) is 80.4 Å².